The molecule has 0 saturated carbocycles. The number of carbonyl (C=O) groups is 3. The molecule has 0 atom stereocenters. The lowest BCUT2D eigenvalue weighted by molar-refractivity contribution is -0.120. The van der Waals surface area contributed by atoms with Crippen LogP contribution in [0.3, 0.4) is 0 Å². The van der Waals surface area contributed by atoms with E-state index >= 15 is 0 Å². The van der Waals surface area contributed by atoms with E-state index in [0.29, 0.717) is 6.42 Å². The molecule has 1 heterocycles. The summed E-state index contributed by atoms with van der Waals surface area (Å²) >= 11 is 1.51. The van der Waals surface area contributed by atoms with Crippen LogP contribution in [-0.4, -0.2) is 36.0 Å². The zero-order valence-electron chi connectivity index (χ0n) is 12.2. The zero-order chi connectivity index (χ0) is 16.7. The Balaban J connectivity index is 1.77. The number of aromatic carboxylic acids is 1. The zero-order valence-corrected chi connectivity index (χ0v) is 13.1. The van der Waals surface area contributed by atoms with Gasteiger partial charge in [-0.1, -0.05) is 18.2 Å². The molecule has 0 bridgehead atoms. The van der Waals surface area contributed by atoms with Gasteiger partial charge in [-0.15, -0.1) is 11.3 Å². The van der Waals surface area contributed by atoms with Gasteiger partial charge in [0.05, 0.1) is 17.5 Å². The summed E-state index contributed by atoms with van der Waals surface area (Å²) in [5, 5.41) is 16.2. The van der Waals surface area contributed by atoms with Gasteiger partial charge in [-0.3, -0.25) is 9.59 Å². The maximum atomic E-state index is 12.0. The van der Waals surface area contributed by atoms with Gasteiger partial charge in [0, 0.05) is 18.0 Å². The molecule has 0 saturated heterocycles. The van der Waals surface area contributed by atoms with Crippen molar-refractivity contribution in [2.45, 2.75) is 6.42 Å². The summed E-state index contributed by atoms with van der Waals surface area (Å²) in [6.07, 6.45) is 0.313. The molecule has 6 nitrogen and oxygen atoms in total. The first-order valence-corrected chi connectivity index (χ1v) is 7.85. The summed E-state index contributed by atoms with van der Waals surface area (Å²) in [6.45, 7) is 0.508. The van der Waals surface area contributed by atoms with Crippen molar-refractivity contribution in [3.8, 4) is 0 Å². The summed E-state index contributed by atoms with van der Waals surface area (Å²) in [4.78, 5) is 35.7. The fraction of sp³-hybridized carbons (Fsp3) is 0.188. The van der Waals surface area contributed by atoms with Crippen LogP contribution in [-0.2, 0) is 11.2 Å². The van der Waals surface area contributed by atoms with E-state index in [-0.39, 0.29) is 30.1 Å². The number of nitrogens with one attached hydrogen (secondary N) is 2. The largest absolute Gasteiger partial charge is 0.478 e. The van der Waals surface area contributed by atoms with Crippen LogP contribution < -0.4 is 10.6 Å². The van der Waals surface area contributed by atoms with Gasteiger partial charge in [-0.05, 0) is 23.6 Å². The molecule has 2 rings (SSSR count). The second-order valence-electron chi connectivity index (χ2n) is 4.71. The van der Waals surface area contributed by atoms with E-state index in [1.54, 1.807) is 12.1 Å². The number of carboxylic acid groups (broad SMARTS) is 1. The molecule has 2 amide bonds. The smallest absolute Gasteiger partial charge is 0.336 e. The normalized spacial score (nSPS) is 10.1. The highest BCUT2D eigenvalue weighted by Gasteiger charge is 2.15. The van der Waals surface area contributed by atoms with Gasteiger partial charge in [-0.2, -0.15) is 0 Å². The number of rotatable bonds is 7. The van der Waals surface area contributed by atoms with Crippen LogP contribution in [0.1, 0.15) is 25.6 Å². The Hall–Kier alpha value is -2.67. The van der Waals surface area contributed by atoms with Gasteiger partial charge in [0.2, 0.25) is 5.91 Å². The van der Waals surface area contributed by atoms with Crippen molar-refractivity contribution in [1.82, 2.24) is 10.6 Å². The first kappa shape index (κ1) is 16.7. The van der Waals surface area contributed by atoms with Crippen LogP contribution in [0.5, 0.6) is 0 Å². The van der Waals surface area contributed by atoms with Crippen LogP contribution in [0.15, 0.2) is 41.8 Å². The quantitative estimate of drug-likeness (QED) is 0.670. The lowest BCUT2D eigenvalue weighted by Crippen LogP contribution is -2.35. The lowest BCUT2D eigenvalue weighted by atomic mass is 10.1. The molecule has 2 aromatic rings. The number of carbonyl (C=O) groups excluding carboxylic acids is 2. The third kappa shape index (κ3) is 4.93. The van der Waals surface area contributed by atoms with Crippen molar-refractivity contribution in [3.05, 3.63) is 57.8 Å². The average molecular weight is 332 g/mol. The molecule has 3 N–H and O–H groups in total. The Kier molecular flexibility index (Phi) is 5.87. The Bertz CT molecular complexity index is 698. The van der Waals surface area contributed by atoms with E-state index in [1.165, 1.54) is 23.5 Å². The van der Waals surface area contributed by atoms with E-state index in [4.69, 9.17) is 5.11 Å². The van der Waals surface area contributed by atoms with Crippen molar-refractivity contribution in [1.29, 1.82) is 0 Å². The third-order valence-electron chi connectivity index (χ3n) is 3.05. The van der Waals surface area contributed by atoms with Crippen molar-refractivity contribution in [3.63, 3.8) is 0 Å². The molecule has 0 unspecified atom stereocenters. The molecule has 0 aliphatic heterocycles. The first-order valence-electron chi connectivity index (χ1n) is 6.97. The molecule has 1 aromatic carbocycles. The fourth-order valence-electron chi connectivity index (χ4n) is 1.97. The Morgan fingerprint density at radius 3 is 2.30 bits per heavy atom. The molecule has 0 aliphatic rings. The van der Waals surface area contributed by atoms with Gasteiger partial charge in [0.1, 0.15) is 0 Å². The molecule has 1 aromatic heterocycles. The summed E-state index contributed by atoms with van der Waals surface area (Å²) < 4.78 is 0. The van der Waals surface area contributed by atoms with Gasteiger partial charge in [0.15, 0.2) is 0 Å². The van der Waals surface area contributed by atoms with E-state index in [0.717, 1.165) is 4.88 Å². The third-order valence-corrected chi connectivity index (χ3v) is 3.93. The van der Waals surface area contributed by atoms with Gasteiger partial charge >= 0.3 is 5.97 Å². The van der Waals surface area contributed by atoms with E-state index in [1.807, 2.05) is 17.5 Å². The monoisotopic (exact) mass is 332 g/mol. The minimum atomic E-state index is -1.15. The standard InChI is InChI=1S/C16H16N2O4S/c19-14(10-11-4-3-9-23-11)17-7-8-18-15(20)12-5-1-2-6-13(12)16(21)22/h1-6,9H,7-8,10H2,(H,17,19)(H,18,20)(H,21,22). The maximum absolute atomic E-state index is 12.0. The highest BCUT2D eigenvalue weighted by molar-refractivity contribution is 7.10. The maximum Gasteiger partial charge on any atom is 0.336 e. The van der Waals surface area contributed by atoms with Crippen molar-refractivity contribution >= 4 is 29.1 Å². The summed E-state index contributed by atoms with van der Waals surface area (Å²) in [5.74, 6) is -1.75. The summed E-state index contributed by atoms with van der Waals surface area (Å²) in [5.41, 5.74) is 0.0524. The summed E-state index contributed by atoms with van der Waals surface area (Å²) in [6, 6.07) is 9.76. The highest BCUT2D eigenvalue weighted by atomic mass is 32.1. The second-order valence-corrected chi connectivity index (χ2v) is 5.74. The second kappa shape index (κ2) is 8.09. The Morgan fingerprint density at radius 2 is 1.65 bits per heavy atom. The lowest BCUT2D eigenvalue weighted by Gasteiger charge is -2.08. The molecular weight excluding hydrogens is 316 g/mol. The van der Waals surface area contributed by atoms with Crippen LogP contribution >= 0.6 is 11.3 Å². The van der Waals surface area contributed by atoms with Gasteiger partial charge < -0.3 is 15.7 Å². The molecule has 0 aliphatic carbocycles. The minimum Gasteiger partial charge on any atom is -0.478 e. The van der Waals surface area contributed by atoms with Crippen LogP contribution in [0, 0.1) is 0 Å². The summed E-state index contributed by atoms with van der Waals surface area (Å²) in [7, 11) is 0. The first-order chi connectivity index (χ1) is 11.1. The number of carboxylic acids is 1. The molecule has 23 heavy (non-hydrogen) atoms. The van der Waals surface area contributed by atoms with E-state index in [2.05, 4.69) is 10.6 Å². The van der Waals surface area contributed by atoms with Crippen molar-refractivity contribution in [2.24, 2.45) is 0 Å². The van der Waals surface area contributed by atoms with Crippen LogP contribution in [0.25, 0.3) is 0 Å². The van der Waals surface area contributed by atoms with Crippen LogP contribution in [0.2, 0.25) is 0 Å². The van der Waals surface area contributed by atoms with Gasteiger partial charge in [0.25, 0.3) is 5.91 Å². The predicted octanol–water partition coefficient (Wildman–Crippen LogP) is 1.54. The average Bonchev–Trinajstić information content (AvgIpc) is 3.04. The highest BCUT2D eigenvalue weighted by Crippen LogP contribution is 2.09. The van der Waals surface area contributed by atoms with Crippen LogP contribution in [0.4, 0.5) is 0 Å². The number of benzene rings is 1. The van der Waals surface area contributed by atoms with E-state index in [9.17, 15) is 14.4 Å². The van der Waals surface area contributed by atoms with Gasteiger partial charge in [-0.25, -0.2) is 4.79 Å². The Morgan fingerprint density at radius 1 is 0.957 bits per heavy atom. The molecule has 0 radical (unpaired) electrons. The minimum absolute atomic E-state index is 0.0493. The van der Waals surface area contributed by atoms with Crippen molar-refractivity contribution < 1.29 is 19.5 Å². The number of amides is 2. The number of hydrogen-bond donors (Lipinski definition) is 3. The van der Waals surface area contributed by atoms with Crippen molar-refractivity contribution in [2.75, 3.05) is 13.1 Å². The molecule has 0 spiro atoms. The molecule has 7 heteroatoms. The van der Waals surface area contributed by atoms with E-state index < -0.39 is 11.9 Å². The predicted molar refractivity (Wildman–Crippen MR) is 86.8 cm³/mol. The number of thiophene rings is 1. The molecule has 120 valence electrons. The SMILES string of the molecule is O=C(Cc1cccs1)NCCNC(=O)c1ccccc1C(=O)O. The Labute approximate surface area is 137 Å². The molecular formula is C16H16N2O4S. The fourth-order valence-corrected chi connectivity index (χ4v) is 2.68. The molecule has 0 fully saturated rings. The number of hydrogen-bond acceptors (Lipinski definition) is 4. The topological polar surface area (TPSA) is 95.5 Å².